The third-order valence-corrected chi connectivity index (χ3v) is 3.30. The quantitative estimate of drug-likeness (QED) is 0.626. The van der Waals surface area contributed by atoms with Crippen molar-refractivity contribution in [1.29, 1.82) is 0 Å². The number of fused-ring (bicyclic) bond motifs is 2. The fraction of sp³-hybridized carbons (Fsp3) is 0.889. The van der Waals surface area contributed by atoms with E-state index in [-0.39, 0.29) is 5.92 Å². The maximum absolute atomic E-state index is 10.7. The van der Waals surface area contributed by atoms with Crippen LogP contribution in [0.4, 0.5) is 0 Å². The largest absolute Gasteiger partial charge is 0.481 e. The number of aliphatic carboxylic acids is 1. The van der Waals surface area contributed by atoms with E-state index in [9.17, 15) is 4.79 Å². The molecule has 3 atom stereocenters. The van der Waals surface area contributed by atoms with Gasteiger partial charge in [-0.2, -0.15) is 0 Å². The van der Waals surface area contributed by atoms with Crippen LogP contribution >= 0.6 is 0 Å². The summed E-state index contributed by atoms with van der Waals surface area (Å²) >= 11 is 0. The van der Waals surface area contributed by atoms with Crippen LogP contribution in [0.2, 0.25) is 0 Å². The number of carbonyl (C=O) groups is 1. The molecule has 2 nitrogen and oxygen atoms in total. The van der Waals surface area contributed by atoms with Crippen LogP contribution in [0, 0.1) is 17.8 Å². The van der Waals surface area contributed by atoms with Crippen molar-refractivity contribution >= 4 is 5.97 Å². The molecule has 2 fully saturated rings. The van der Waals surface area contributed by atoms with Crippen LogP contribution in [0.25, 0.3) is 0 Å². The SMILES string of the molecule is O=C(O)C1C[C@@H]2CCC[C@H]1C2. The zero-order chi connectivity index (χ0) is 7.84. The van der Waals surface area contributed by atoms with Gasteiger partial charge in [0.25, 0.3) is 0 Å². The monoisotopic (exact) mass is 154 g/mol. The average molecular weight is 154 g/mol. The Morgan fingerprint density at radius 1 is 1.27 bits per heavy atom. The van der Waals surface area contributed by atoms with Crippen LogP contribution < -0.4 is 0 Å². The van der Waals surface area contributed by atoms with Gasteiger partial charge in [-0.3, -0.25) is 4.79 Å². The maximum Gasteiger partial charge on any atom is 0.306 e. The number of carboxylic acids is 1. The number of hydrogen-bond acceptors (Lipinski definition) is 1. The molecule has 1 N–H and O–H groups in total. The molecule has 0 heterocycles. The van der Waals surface area contributed by atoms with E-state index in [1.807, 2.05) is 0 Å². The average Bonchev–Trinajstić information content (AvgIpc) is 2.27. The van der Waals surface area contributed by atoms with Crippen molar-refractivity contribution in [3.8, 4) is 0 Å². The third kappa shape index (κ3) is 1.15. The van der Waals surface area contributed by atoms with Crippen molar-refractivity contribution in [1.82, 2.24) is 0 Å². The van der Waals surface area contributed by atoms with Gasteiger partial charge in [0, 0.05) is 0 Å². The van der Waals surface area contributed by atoms with E-state index in [0.29, 0.717) is 5.92 Å². The molecule has 0 spiro atoms. The van der Waals surface area contributed by atoms with Gasteiger partial charge < -0.3 is 5.11 Å². The summed E-state index contributed by atoms with van der Waals surface area (Å²) in [6.07, 6.45) is 5.85. The van der Waals surface area contributed by atoms with Crippen LogP contribution in [0.5, 0.6) is 0 Å². The first-order chi connectivity index (χ1) is 5.27. The van der Waals surface area contributed by atoms with Crippen LogP contribution in [-0.2, 0) is 4.79 Å². The summed E-state index contributed by atoms with van der Waals surface area (Å²) < 4.78 is 0. The highest BCUT2D eigenvalue weighted by molar-refractivity contribution is 5.70. The lowest BCUT2D eigenvalue weighted by atomic mass is 9.87. The molecule has 0 aromatic rings. The second-order valence-electron chi connectivity index (χ2n) is 3.97. The van der Waals surface area contributed by atoms with Gasteiger partial charge in [-0.15, -0.1) is 0 Å². The van der Waals surface area contributed by atoms with Gasteiger partial charge in [0.15, 0.2) is 0 Å². The molecule has 2 aliphatic carbocycles. The van der Waals surface area contributed by atoms with E-state index in [0.717, 1.165) is 18.8 Å². The van der Waals surface area contributed by atoms with E-state index < -0.39 is 5.97 Å². The Bertz CT molecular complexity index is 176. The number of rotatable bonds is 1. The van der Waals surface area contributed by atoms with E-state index in [1.165, 1.54) is 19.3 Å². The minimum Gasteiger partial charge on any atom is -0.481 e. The highest BCUT2D eigenvalue weighted by Gasteiger charge is 2.40. The molecule has 1 unspecified atom stereocenters. The maximum atomic E-state index is 10.7. The highest BCUT2D eigenvalue weighted by Crippen LogP contribution is 2.45. The Balaban J connectivity index is 2.08. The second-order valence-corrected chi connectivity index (χ2v) is 3.97. The lowest BCUT2D eigenvalue weighted by Crippen LogP contribution is -2.17. The number of carboxylic acid groups (broad SMARTS) is 1. The molecule has 2 heteroatoms. The standard InChI is InChI=1S/C9H14O2/c10-9(11)8-5-6-2-1-3-7(8)4-6/h6-8H,1-5H2,(H,10,11)/t6-,7+,8?/m1/s1. The van der Waals surface area contributed by atoms with Crippen molar-refractivity contribution < 1.29 is 9.90 Å². The lowest BCUT2D eigenvalue weighted by molar-refractivity contribution is -0.142. The summed E-state index contributed by atoms with van der Waals surface area (Å²) in [4.78, 5) is 10.7. The van der Waals surface area contributed by atoms with Crippen molar-refractivity contribution in [2.24, 2.45) is 17.8 Å². The van der Waals surface area contributed by atoms with Gasteiger partial charge in [0.2, 0.25) is 0 Å². The Kier molecular flexibility index (Phi) is 1.63. The smallest absolute Gasteiger partial charge is 0.306 e. The molecule has 2 aliphatic rings. The van der Waals surface area contributed by atoms with E-state index >= 15 is 0 Å². The van der Waals surface area contributed by atoms with Gasteiger partial charge in [-0.05, 0) is 31.1 Å². The molecule has 11 heavy (non-hydrogen) atoms. The van der Waals surface area contributed by atoms with E-state index in [1.54, 1.807) is 0 Å². The molecule has 62 valence electrons. The molecule has 0 saturated heterocycles. The zero-order valence-corrected chi connectivity index (χ0v) is 6.62. The second kappa shape index (κ2) is 2.50. The molecule has 2 rings (SSSR count). The van der Waals surface area contributed by atoms with Crippen molar-refractivity contribution in [3.05, 3.63) is 0 Å². The first kappa shape index (κ1) is 7.14. The first-order valence-corrected chi connectivity index (χ1v) is 4.50. The number of hydrogen-bond donors (Lipinski definition) is 1. The van der Waals surface area contributed by atoms with E-state index in [4.69, 9.17) is 5.11 Å². The van der Waals surface area contributed by atoms with Gasteiger partial charge in [0.1, 0.15) is 0 Å². The van der Waals surface area contributed by atoms with Crippen molar-refractivity contribution in [3.63, 3.8) is 0 Å². The molecule has 0 aliphatic heterocycles. The van der Waals surface area contributed by atoms with Gasteiger partial charge >= 0.3 is 5.97 Å². The van der Waals surface area contributed by atoms with Gasteiger partial charge in [0.05, 0.1) is 5.92 Å². The van der Waals surface area contributed by atoms with Gasteiger partial charge in [-0.1, -0.05) is 12.8 Å². The molecular weight excluding hydrogens is 140 g/mol. The highest BCUT2D eigenvalue weighted by atomic mass is 16.4. The Hall–Kier alpha value is -0.530. The molecule has 0 amide bonds. The predicted octanol–water partition coefficient (Wildman–Crippen LogP) is 1.90. The third-order valence-electron chi connectivity index (χ3n) is 3.30. The zero-order valence-electron chi connectivity index (χ0n) is 6.62. The van der Waals surface area contributed by atoms with Gasteiger partial charge in [-0.25, -0.2) is 0 Å². The lowest BCUT2D eigenvalue weighted by Gasteiger charge is -2.18. The summed E-state index contributed by atoms with van der Waals surface area (Å²) in [5.41, 5.74) is 0. The summed E-state index contributed by atoms with van der Waals surface area (Å²) in [6, 6.07) is 0. The van der Waals surface area contributed by atoms with Crippen LogP contribution in [-0.4, -0.2) is 11.1 Å². The normalized spacial score (nSPS) is 42.4. The molecule has 0 aromatic heterocycles. The Labute approximate surface area is 66.6 Å². The summed E-state index contributed by atoms with van der Waals surface area (Å²) in [6.45, 7) is 0. The molecule has 0 aromatic carbocycles. The summed E-state index contributed by atoms with van der Waals surface area (Å²) in [5.74, 6) is 0.711. The fourth-order valence-corrected chi connectivity index (χ4v) is 2.77. The van der Waals surface area contributed by atoms with Crippen LogP contribution in [0.1, 0.15) is 32.1 Å². The summed E-state index contributed by atoms with van der Waals surface area (Å²) in [7, 11) is 0. The minimum atomic E-state index is -0.556. The molecule has 2 saturated carbocycles. The molecule has 0 radical (unpaired) electrons. The summed E-state index contributed by atoms with van der Waals surface area (Å²) in [5, 5.41) is 8.86. The van der Waals surface area contributed by atoms with Crippen LogP contribution in [0.3, 0.4) is 0 Å². The van der Waals surface area contributed by atoms with Crippen molar-refractivity contribution in [2.75, 3.05) is 0 Å². The van der Waals surface area contributed by atoms with Crippen LogP contribution in [0.15, 0.2) is 0 Å². The molecular formula is C9H14O2. The Morgan fingerprint density at radius 3 is 2.73 bits per heavy atom. The fourth-order valence-electron chi connectivity index (χ4n) is 2.77. The Morgan fingerprint density at radius 2 is 2.09 bits per heavy atom. The van der Waals surface area contributed by atoms with E-state index in [2.05, 4.69) is 0 Å². The molecule has 2 bridgehead atoms. The van der Waals surface area contributed by atoms with Crippen molar-refractivity contribution in [2.45, 2.75) is 32.1 Å². The topological polar surface area (TPSA) is 37.3 Å². The first-order valence-electron chi connectivity index (χ1n) is 4.50. The predicted molar refractivity (Wildman–Crippen MR) is 41.2 cm³/mol. The minimum absolute atomic E-state index is 0.00231.